The average Bonchev–Trinajstić information content (AvgIpc) is 3.98. The molecule has 6 rings (SSSR count). The van der Waals surface area contributed by atoms with Crippen molar-refractivity contribution < 1.29 is 41.8 Å². The Bertz CT molecular complexity index is 2040. The maximum absolute atomic E-state index is 15.0. The van der Waals surface area contributed by atoms with E-state index in [-0.39, 0.29) is 67.2 Å². The highest BCUT2D eigenvalue weighted by Gasteiger charge is 2.62. The van der Waals surface area contributed by atoms with Crippen molar-refractivity contribution in [3.05, 3.63) is 41.4 Å². The number of hydrogen-bond donors (Lipinski definition) is 1. The predicted octanol–water partition coefficient (Wildman–Crippen LogP) is 7.35. The van der Waals surface area contributed by atoms with Crippen molar-refractivity contribution in [1.82, 2.24) is 14.6 Å². The summed E-state index contributed by atoms with van der Waals surface area (Å²) in [5, 5.41) is 1.76. The van der Waals surface area contributed by atoms with Gasteiger partial charge in [-0.05, 0) is 110 Å². The molecule has 0 spiro atoms. The molecule has 2 amide bonds. The summed E-state index contributed by atoms with van der Waals surface area (Å²) < 4.78 is 46.1. The van der Waals surface area contributed by atoms with Gasteiger partial charge < -0.3 is 19.1 Å². The summed E-state index contributed by atoms with van der Waals surface area (Å²) in [7, 11) is -3.97. The Morgan fingerprint density at radius 2 is 1.82 bits per heavy atom. The van der Waals surface area contributed by atoms with E-state index in [1.165, 1.54) is 4.90 Å². The number of carbonyl (C=O) groups excluding carboxylic acids is 4. The fourth-order valence-electron chi connectivity index (χ4n) is 8.38. The quantitative estimate of drug-likeness (QED) is 0.200. The van der Waals surface area contributed by atoms with Crippen molar-refractivity contribution in [2.75, 3.05) is 6.54 Å². The van der Waals surface area contributed by atoms with E-state index in [4.69, 9.17) is 25.8 Å². The van der Waals surface area contributed by atoms with Crippen molar-refractivity contribution in [3.8, 4) is 11.8 Å². The minimum Gasteiger partial charge on any atom is -0.475 e. The van der Waals surface area contributed by atoms with Gasteiger partial charge in [0.25, 0.3) is 0 Å². The molecule has 4 aliphatic rings. The van der Waals surface area contributed by atoms with Crippen LogP contribution in [0.15, 0.2) is 36.4 Å². The van der Waals surface area contributed by atoms with Gasteiger partial charge >= 0.3 is 5.97 Å². The van der Waals surface area contributed by atoms with E-state index in [2.05, 4.69) is 16.6 Å². The van der Waals surface area contributed by atoms with Gasteiger partial charge in [-0.25, -0.2) is 8.42 Å². The molecule has 2 aliphatic carbocycles. The maximum Gasteiger partial charge on any atom is 0.307 e. The molecule has 7 atom stereocenters. The standard InChI is InChI=1S/C43H58ClN3O9S/c1-25(2)54-36-20-32-30(14-11-15-33(32)44)38(45-36)55-29-19-34-35(48)23-43(40(51)46-57(52,53)42(8)16-17-42)22-28(43)13-10-9-12-26(3)18-27(4)31(39(50)47(34)24-29)21-37(49)56-41(5,6)7/h10-11,13-15,20,25-29,31,34H,9,12,16-19,21-24H2,1-8H3,(H,46,51)/b13-10-/t26-,27-,28-,29-,31+,34+,43-/m1/s1. The lowest BCUT2D eigenvalue weighted by Gasteiger charge is -2.32. The number of Topliss-reactive ketones (excluding diaryl/α,β-unsaturated/α-hetero) is 1. The number of ether oxygens (including phenoxy) is 3. The smallest absolute Gasteiger partial charge is 0.307 e. The number of halogens is 1. The van der Waals surface area contributed by atoms with Crippen LogP contribution in [-0.4, -0.2) is 77.0 Å². The molecule has 57 heavy (non-hydrogen) atoms. The van der Waals surface area contributed by atoms with Crippen molar-refractivity contribution >= 4 is 56.0 Å². The molecule has 14 heteroatoms. The van der Waals surface area contributed by atoms with Gasteiger partial charge in [-0.2, -0.15) is 4.98 Å². The van der Waals surface area contributed by atoms with Crippen LogP contribution in [0.5, 0.6) is 11.8 Å². The van der Waals surface area contributed by atoms with Crippen LogP contribution in [0.3, 0.4) is 0 Å². The third kappa shape index (κ3) is 9.61. The number of nitrogens with zero attached hydrogens (tertiary/aromatic N) is 2. The number of benzene rings is 1. The Kier molecular flexibility index (Phi) is 12.2. The second-order valence-corrected chi connectivity index (χ2v) is 21.1. The molecular weight excluding hydrogens is 770 g/mol. The van der Waals surface area contributed by atoms with Crippen LogP contribution < -0.4 is 14.2 Å². The maximum atomic E-state index is 15.0. The second kappa shape index (κ2) is 16.2. The van der Waals surface area contributed by atoms with Crippen LogP contribution in [0.2, 0.25) is 5.02 Å². The Hall–Kier alpha value is -3.71. The molecule has 3 heterocycles. The van der Waals surface area contributed by atoms with Gasteiger partial charge in [0.05, 0.1) is 41.2 Å². The number of esters is 1. The number of pyridine rings is 1. The molecule has 3 fully saturated rings. The number of ketones is 1. The fraction of sp³-hybridized carbons (Fsp3) is 0.651. The van der Waals surface area contributed by atoms with E-state index in [1.54, 1.807) is 45.9 Å². The Morgan fingerprint density at radius 1 is 1.11 bits per heavy atom. The van der Waals surface area contributed by atoms with Crippen LogP contribution in [0.1, 0.15) is 113 Å². The van der Waals surface area contributed by atoms with E-state index >= 15 is 0 Å². The van der Waals surface area contributed by atoms with Gasteiger partial charge in [0.15, 0.2) is 5.78 Å². The number of amides is 2. The van der Waals surface area contributed by atoms with Crippen molar-refractivity contribution in [2.45, 2.75) is 142 Å². The van der Waals surface area contributed by atoms with Crippen LogP contribution in [0.4, 0.5) is 0 Å². The molecule has 2 aromatic rings. The van der Waals surface area contributed by atoms with Crippen molar-refractivity contribution in [2.24, 2.45) is 29.1 Å². The number of aromatic nitrogens is 1. The summed E-state index contributed by atoms with van der Waals surface area (Å²) in [5.41, 5.74) is -2.05. The Balaban J connectivity index is 1.37. The number of sulfonamides is 1. The predicted molar refractivity (Wildman–Crippen MR) is 217 cm³/mol. The zero-order chi connectivity index (χ0) is 41.7. The Labute approximate surface area is 341 Å². The highest BCUT2D eigenvalue weighted by Crippen LogP contribution is 2.58. The highest BCUT2D eigenvalue weighted by molar-refractivity contribution is 7.91. The number of nitrogens with one attached hydrogen (secondary N) is 1. The zero-order valence-electron chi connectivity index (χ0n) is 34.4. The summed E-state index contributed by atoms with van der Waals surface area (Å²) in [4.78, 5) is 63.3. The number of allylic oxidation sites excluding steroid dienone is 2. The lowest BCUT2D eigenvalue weighted by molar-refractivity contribution is -0.160. The molecule has 1 aromatic heterocycles. The van der Waals surface area contributed by atoms with E-state index in [1.807, 2.05) is 39.0 Å². The summed E-state index contributed by atoms with van der Waals surface area (Å²) in [6, 6.07) is 6.09. The summed E-state index contributed by atoms with van der Waals surface area (Å²) in [5.74, 6) is -2.59. The fourth-order valence-corrected chi connectivity index (χ4v) is 9.95. The normalized spacial score (nSPS) is 29.8. The second-order valence-electron chi connectivity index (χ2n) is 18.5. The van der Waals surface area contributed by atoms with Crippen LogP contribution in [0, 0.1) is 29.1 Å². The van der Waals surface area contributed by atoms with Crippen LogP contribution >= 0.6 is 11.6 Å². The number of hydrogen-bond acceptors (Lipinski definition) is 10. The number of fused-ring (bicyclic) bond motifs is 3. The van der Waals surface area contributed by atoms with Crippen molar-refractivity contribution in [1.29, 1.82) is 0 Å². The molecule has 2 saturated carbocycles. The minimum atomic E-state index is -3.97. The van der Waals surface area contributed by atoms with E-state index in [0.717, 1.165) is 6.42 Å². The first-order valence-electron chi connectivity index (χ1n) is 20.3. The highest BCUT2D eigenvalue weighted by atomic mass is 35.5. The first-order chi connectivity index (χ1) is 26.6. The summed E-state index contributed by atoms with van der Waals surface area (Å²) >= 11 is 6.62. The third-order valence-electron chi connectivity index (χ3n) is 12.0. The topological polar surface area (TPSA) is 158 Å². The van der Waals surface area contributed by atoms with Gasteiger partial charge in [-0.1, -0.05) is 43.7 Å². The van der Waals surface area contributed by atoms with Gasteiger partial charge in [0.1, 0.15) is 11.7 Å². The summed E-state index contributed by atoms with van der Waals surface area (Å²) in [6.45, 7) is 14.8. The molecule has 0 unspecified atom stereocenters. The van der Waals surface area contributed by atoms with Gasteiger partial charge in [-0.15, -0.1) is 0 Å². The molecule has 1 aromatic carbocycles. The SMILES string of the molecule is CC(C)Oc1cc2c(Cl)cccc2c(O[C@@H]2C[C@H]3C(=O)C[C@]4(C(=O)NS(=O)(=O)C5(C)CC5)C[C@H]4/C=C\CC[C@@H](C)C[C@@H](C)[C@H](CC(=O)OC(C)(C)C)C(=O)N3C2)n1. The molecule has 2 aliphatic heterocycles. The zero-order valence-corrected chi connectivity index (χ0v) is 36.0. The summed E-state index contributed by atoms with van der Waals surface area (Å²) in [6.07, 6.45) is 6.09. The van der Waals surface area contributed by atoms with E-state index in [9.17, 15) is 27.6 Å². The molecular formula is C43H58ClN3O9S. The minimum absolute atomic E-state index is 0.0105. The molecule has 1 saturated heterocycles. The monoisotopic (exact) mass is 827 g/mol. The van der Waals surface area contributed by atoms with Gasteiger partial charge in [0.2, 0.25) is 33.6 Å². The molecule has 1 N–H and O–H groups in total. The molecule has 0 radical (unpaired) electrons. The first kappa shape index (κ1) is 42.9. The number of carbonyl (C=O) groups is 4. The van der Waals surface area contributed by atoms with Crippen LogP contribution in [-0.2, 0) is 33.9 Å². The van der Waals surface area contributed by atoms with E-state index in [0.29, 0.717) is 53.8 Å². The molecule has 312 valence electrons. The van der Waals surface area contributed by atoms with Gasteiger partial charge in [-0.3, -0.25) is 23.9 Å². The van der Waals surface area contributed by atoms with Crippen molar-refractivity contribution in [3.63, 3.8) is 0 Å². The number of rotatable bonds is 9. The third-order valence-corrected chi connectivity index (χ3v) is 14.5. The molecule has 0 bridgehead atoms. The Morgan fingerprint density at radius 3 is 2.49 bits per heavy atom. The average molecular weight is 828 g/mol. The largest absolute Gasteiger partial charge is 0.475 e. The molecule has 12 nitrogen and oxygen atoms in total. The van der Waals surface area contributed by atoms with Crippen LogP contribution in [0.25, 0.3) is 10.8 Å². The lowest BCUT2D eigenvalue weighted by atomic mass is 9.82. The lowest BCUT2D eigenvalue weighted by Crippen LogP contribution is -2.48. The van der Waals surface area contributed by atoms with E-state index < -0.39 is 55.7 Å². The first-order valence-corrected chi connectivity index (χ1v) is 22.2. The van der Waals surface area contributed by atoms with Gasteiger partial charge in [0, 0.05) is 34.7 Å².